The molecular weight excluding hydrogens is 504 g/mol. The van der Waals surface area contributed by atoms with Crippen molar-refractivity contribution in [1.29, 1.82) is 0 Å². The number of aromatic nitrogens is 2. The van der Waals surface area contributed by atoms with Gasteiger partial charge in [-0.25, -0.2) is 9.97 Å². The second-order valence-electron chi connectivity index (χ2n) is 9.17. The number of oxazole rings is 2. The Morgan fingerprint density at radius 1 is 0.500 bits per heavy atom. The average Bonchev–Trinajstić information content (AvgIpc) is 3.58. The molecular formula is C32H22N4O4. The summed E-state index contributed by atoms with van der Waals surface area (Å²) < 4.78 is 25.0. The van der Waals surface area contributed by atoms with Gasteiger partial charge in [-0.05, 0) is 60.7 Å². The highest BCUT2D eigenvalue weighted by Gasteiger charge is 2.23. The number of rotatable bonds is 6. The first kappa shape index (κ1) is 23.4. The van der Waals surface area contributed by atoms with Gasteiger partial charge in [0.15, 0.2) is 11.2 Å². The summed E-state index contributed by atoms with van der Waals surface area (Å²) in [6.45, 7) is 0. The van der Waals surface area contributed by atoms with E-state index in [1.807, 2.05) is 72.8 Å². The fraction of sp³-hybridized carbons (Fsp3) is 0. The molecule has 0 atom stereocenters. The molecule has 0 saturated heterocycles. The van der Waals surface area contributed by atoms with Crippen molar-refractivity contribution in [2.75, 3.05) is 11.5 Å². The van der Waals surface area contributed by atoms with E-state index in [9.17, 15) is 0 Å². The SMILES string of the molecule is Nc1cccc(Oc2cc(-c3nc4ccccc4o3)c(Oc3cccc(N)c3)cc2-c2nc3ccccc3o2)c1. The van der Waals surface area contributed by atoms with Gasteiger partial charge < -0.3 is 29.8 Å². The van der Waals surface area contributed by atoms with Crippen LogP contribution in [-0.4, -0.2) is 9.97 Å². The maximum atomic E-state index is 6.38. The predicted octanol–water partition coefficient (Wildman–Crippen LogP) is 8.05. The number of hydrogen-bond acceptors (Lipinski definition) is 8. The van der Waals surface area contributed by atoms with E-state index in [0.717, 1.165) is 0 Å². The van der Waals surface area contributed by atoms with Crippen molar-refractivity contribution in [2.45, 2.75) is 0 Å². The zero-order chi connectivity index (χ0) is 27.1. The smallest absolute Gasteiger partial charge is 0.231 e. The van der Waals surface area contributed by atoms with Crippen molar-refractivity contribution in [3.63, 3.8) is 0 Å². The number of ether oxygens (including phenoxy) is 2. The Morgan fingerprint density at radius 3 is 1.38 bits per heavy atom. The lowest BCUT2D eigenvalue weighted by atomic mass is 10.1. The molecule has 0 spiro atoms. The Morgan fingerprint density at radius 2 is 0.950 bits per heavy atom. The first-order valence-corrected chi connectivity index (χ1v) is 12.6. The summed E-state index contributed by atoms with van der Waals surface area (Å²) in [5, 5.41) is 0. The van der Waals surface area contributed by atoms with Gasteiger partial charge in [-0.2, -0.15) is 0 Å². The van der Waals surface area contributed by atoms with E-state index in [4.69, 9.17) is 39.7 Å². The van der Waals surface area contributed by atoms with E-state index < -0.39 is 0 Å². The molecule has 0 amide bonds. The molecule has 0 aliphatic rings. The fourth-order valence-electron chi connectivity index (χ4n) is 4.45. The van der Waals surface area contributed by atoms with Gasteiger partial charge in [0.1, 0.15) is 34.0 Å². The normalized spacial score (nSPS) is 11.2. The van der Waals surface area contributed by atoms with Crippen molar-refractivity contribution >= 4 is 33.6 Å². The van der Waals surface area contributed by atoms with E-state index in [1.54, 1.807) is 36.4 Å². The molecule has 0 radical (unpaired) electrons. The second kappa shape index (κ2) is 9.52. The predicted molar refractivity (Wildman–Crippen MR) is 154 cm³/mol. The average molecular weight is 527 g/mol. The Balaban J connectivity index is 1.46. The Bertz CT molecular complexity index is 1800. The summed E-state index contributed by atoms with van der Waals surface area (Å²) in [4.78, 5) is 9.43. The quantitative estimate of drug-likeness (QED) is 0.209. The summed E-state index contributed by atoms with van der Waals surface area (Å²) in [6.07, 6.45) is 0. The lowest BCUT2D eigenvalue weighted by molar-refractivity contribution is 0.468. The lowest BCUT2D eigenvalue weighted by Gasteiger charge is -2.15. The van der Waals surface area contributed by atoms with Crippen molar-refractivity contribution in [3.8, 4) is 45.9 Å². The number of nitrogens with zero attached hydrogens (tertiary/aromatic N) is 2. The first-order chi connectivity index (χ1) is 19.6. The van der Waals surface area contributed by atoms with E-state index in [-0.39, 0.29) is 0 Å². The summed E-state index contributed by atoms with van der Waals surface area (Å²) in [5.74, 6) is 2.72. The van der Waals surface area contributed by atoms with Crippen LogP contribution in [0.2, 0.25) is 0 Å². The van der Waals surface area contributed by atoms with Crippen molar-refractivity contribution in [1.82, 2.24) is 9.97 Å². The van der Waals surface area contributed by atoms with Gasteiger partial charge in [-0.3, -0.25) is 0 Å². The molecule has 0 fully saturated rings. The Hall–Kier alpha value is -5.76. The van der Waals surface area contributed by atoms with Crippen LogP contribution in [0, 0.1) is 0 Å². The molecule has 40 heavy (non-hydrogen) atoms. The minimum Gasteiger partial charge on any atom is -0.456 e. The van der Waals surface area contributed by atoms with E-state index in [1.165, 1.54) is 0 Å². The summed E-state index contributed by atoms with van der Waals surface area (Å²) in [5.41, 5.74) is 17.1. The highest BCUT2D eigenvalue weighted by atomic mass is 16.5. The van der Waals surface area contributed by atoms with Gasteiger partial charge >= 0.3 is 0 Å². The largest absolute Gasteiger partial charge is 0.456 e. The molecule has 0 bridgehead atoms. The van der Waals surface area contributed by atoms with Crippen LogP contribution in [0.3, 0.4) is 0 Å². The molecule has 0 unspecified atom stereocenters. The number of fused-ring (bicyclic) bond motifs is 2. The van der Waals surface area contributed by atoms with E-state index >= 15 is 0 Å². The number of nitrogens with two attached hydrogens (primary N) is 2. The lowest BCUT2D eigenvalue weighted by Crippen LogP contribution is -1.96. The maximum absolute atomic E-state index is 6.38. The van der Waals surface area contributed by atoms with Crippen LogP contribution in [0.1, 0.15) is 0 Å². The third-order valence-corrected chi connectivity index (χ3v) is 6.30. The zero-order valence-electron chi connectivity index (χ0n) is 21.1. The molecule has 194 valence electrons. The molecule has 8 nitrogen and oxygen atoms in total. The summed E-state index contributed by atoms with van der Waals surface area (Å²) >= 11 is 0. The number of hydrogen-bond donors (Lipinski definition) is 2. The zero-order valence-corrected chi connectivity index (χ0v) is 21.1. The van der Waals surface area contributed by atoms with Crippen LogP contribution >= 0.6 is 0 Å². The molecule has 0 aliphatic heterocycles. The third kappa shape index (κ3) is 4.43. The molecule has 7 rings (SSSR count). The molecule has 8 heteroatoms. The van der Waals surface area contributed by atoms with E-state index in [2.05, 4.69) is 0 Å². The molecule has 4 N–H and O–H groups in total. The van der Waals surface area contributed by atoms with Gasteiger partial charge in [0, 0.05) is 23.5 Å². The monoisotopic (exact) mass is 526 g/mol. The number of nitrogen functional groups attached to an aromatic ring is 2. The molecule has 5 aromatic carbocycles. The molecule has 0 saturated carbocycles. The minimum atomic E-state index is 0.363. The first-order valence-electron chi connectivity index (χ1n) is 12.6. The number of para-hydroxylation sites is 4. The number of benzene rings is 5. The van der Waals surface area contributed by atoms with Crippen molar-refractivity contribution < 1.29 is 18.3 Å². The van der Waals surface area contributed by atoms with E-state index in [0.29, 0.717) is 79.5 Å². The van der Waals surface area contributed by atoms with Gasteiger partial charge in [-0.1, -0.05) is 36.4 Å². The number of anilines is 2. The van der Waals surface area contributed by atoms with Gasteiger partial charge in [0.2, 0.25) is 11.8 Å². The van der Waals surface area contributed by atoms with Crippen LogP contribution in [0.25, 0.3) is 45.1 Å². The summed E-state index contributed by atoms with van der Waals surface area (Å²) in [6, 6.07) is 33.1. The van der Waals surface area contributed by atoms with Crippen molar-refractivity contribution in [3.05, 3.63) is 109 Å². The third-order valence-electron chi connectivity index (χ3n) is 6.30. The highest BCUT2D eigenvalue weighted by molar-refractivity contribution is 5.83. The Labute approximate surface area is 228 Å². The Kier molecular flexibility index (Phi) is 5.56. The maximum Gasteiger partial charge on any atom is 0.231 e. The van der Waals surface area contributed by atoms with Crippen LogP contribution in [-0.2, 0) is 0 Å². The molecule has 7 aromatic rings. The molecule has 0 aliphatic carbocycles. The second-order valence-corrected chi connectivity index (χ2v) is 9.17. The van der Waals surface area contributed by atoms with Crippen LogP contribution in [0.4, 0.5) is 11.4 Å². The molecule has 2 aromatic heterocycles. The van der Waals surface area contributed by atoms with Crippen LogP contribution in [0.5, 0.6) is 23.0 Å². The van der Waals surface area contributed by atoms with Gasteiger partial charge in [0.05, 0.1) is 11.1 Å². The van der Waals surface area contributed by atoms with Crippen molar-refractivity contribution in [2.24, 2.45) is 0 Å². The minimum absolute atomic E-state index is 0.363. The fourth-order valence-corrected chi connectivity index (χ4v) is 4.45. The highest BCUT2D eigenvalue weighted by Crippen LogP contribution is 2.45. The standard InChI is InChI=1S/C32H22N4O4/c33-19-7-5-9-21(15-19)37-29-18-24(32-36-26-12-2-4-14-28(26)40-32)30(38-22-10-6-8-20(34)16-22)17-23(29)31-35-25-11-1-3-13-27(25)39-31/h1-18H,33-34H2. The van der Waals surface area contributed by atoms with Gasteiger partial charge in [-0.15, -0.1) is 0 Å². The van der Waals surface area contributed by atoms with Crippen LogP contribution in [0.15, 0.2) is 118 Å². The summed E-state index contributed by atoms with van der Waals surface area (Å²) in [7, 11) is 0. The molecule has 2 heterocycles. The van der Waals surface area contributed by atoms with Gasteiger partial charge in [0.25, 0.3) is 0 Å². The van der Waals surface area contributed by atoms with Crippen LogP contribution < -0.4 is 20.9 Å². The topological polar surface area (TPSA) is 123 Å².